The van der Waals surface area contributed by atoms with Crippen LogP contribution in [0.1, 0.15) is 16.1 Å². The molecule has 4 rings (SSSR count). The van der Waals surface area contributed by atoms with Crippen molar-refractivity contribution in [2.45, 2.75) is 20.8 Å². The monoisotopic (exact) mass is 495 g/mol. The van der Waals surface area contributed by atoms with Gasteiger partial charge < -0.3 is 5.32 Å². The van der Waals surface area contributed by atoms with Crippen molar-refractivity contribution in [3.8, 4) is 11.3 Å². The van der Waals surface area contributed by atoms with Crippen molar-refractivity contribution in [3.63, 3.8) is 0 Å². The highest BCUT2D eigenvalue weighted by Gasteiger charge is 2.22. The summed E-state index contributed by atoms with van der Waals surface area (Å²) in [5.74, 6) is -0.547. The third-order valence-corrected chi connectivity index (χ3v) is 6.54. The number of aryl methyl sites for hydroxylation is 3. The van der Waals surface area contributed by atoms with Gasteiger partial charge in [-0.05, 0) is 67.1 Å². The SMILES string of the molecule is Cc1cccc(I)c1Nc1c(-c2ccc(F)cc2F)nc2sc(C)c(C)n12. The van der Waals surface area contributed by atoms with E-state index in [0.29, 0.717) is 11.5 Å². The number of anilines is 2. The molecule has 0 radical (unpaired) electrons. The van der Waals surface area contributed by atoms with Crippen LogP contribution in [0.3, 0.4) is 0 Å². The topological polar surface area (TPSA) is 29.3 Å². The van der Waals surface area contributed by atoms with Gasteiger partial charge in [-0.15, -0.1) is 11.3 Å². The van der Waals surface area contributed by atoms with Crippen LogP contribution in [0.5, 0.6) is 0 Å². The zero-order valence-electron chi connectivity index (χ0n) is 14.9. The van der Waals surface area contributed by atoms with E-state index in [9.17, 15) is 8.78 Å². The van der Waals surface area contributed by atoms with E-state index in [2.05, 4.69) is 32.9 Å². The summed E-state index contributed by atoms with van der Waals surface area (Å²) >= 11 is 3.82. The number of hydrogen-bond donors (Lipinski definition) is 1. The molecule has 1 N–H and O–H groups in total. The zero-order chi connectivity index (χ0) is 19.3. The molecule has 3 nitrogen and oxygen atoms in total. The Labute approximate surface area is 173 Å². The molecule has 0 fully saturated rings. The molecular weight excluding hydrogens is 479 g/mol. The molecule has 2 aromatic carbocycles. The molecule has 0 saturated carbocycles. The van der Waals surface area contributed by atoms with E-state index in [1.54, 1.807) is 11.3 Å². The van der Waals surface area contributed by atoms with Crippen LogP contribution in [0, 0.1) is 36.0 Å². The number of thiazole rings is 1. The van der Waals surface area contributed by atoms with E-state index in [0.717, 1.165) is 36.4 Å². The second kappa shape index (κ2) is 6.87. The lowest BCUT2D eigenvalue weighted by atomic mass is 10.1. The Balaban J connectivity index is 1.99. The quantitative estimate of drug-likeness (QED) is 0.324. The number of para-hydroxylation sites is 1. The maximum absolute atomic E-state index is 14.5. The van der Waals surface area contributed by atoms with Gasteiger partial charge in [-0.1, -0.05) is 12.1 Å². The lowest BCUT2D eigenvalue weighted by Gasteiger charge is -2.14. The van der Waals surface area contributed by atoms with Crippen molar-refractivity contribution in [1.82, 2.24) is 9.38 Å². The molecule has 0 amide bonds. The normalized spacial score (nSPS) is 11.3. The van der Waals surface area contributed by atoms with E-state index < -0.39 is 11.6 Å². The summed E-state index contributed by atoms with van der Waals surface area (Å²) in [6, 6.07) is 9.61. The average Bonchev–Trinajstić information content (AvgIpc) is 3.08. The maximum atomic E-state index is 14.5. The second-order valence-corrected chi connectivity index (χ2v) is 8.70. The predicted molar refractivity (Wildman–Crippen MR) is 115 cm³/mol. The molecule has 0 bridgehead atoms. The third-order valence-electron chi connectivity index (χ3n) is 4.59. The Morgan fingerprint density at radius 2 is 1.89 bits per heavy atom. The Kier molecular flexibility index (Phi) is 4.67. The fraction of sp³-hybridized carbons (Fsp3) is 0.150. The number of nitrogens with zero attached hydrogens (tertiary/aromatic N) is 2. The molecule has 0 atom stereocenters. The lowest BCUT2D eigenvalue weighted by molar-refractivity contribution is 0.585. The van der Waals surface area contributed by atoms with Crippen LogP contribution in [0.15, 0.2) is 36.4 Å². The Morgan fingerprint density at radius 3 is 2.59 bits per heavy atom. The predicted octanol–water partition coefficient (Wildman–Crippen LogP) is 6.61. The molecule has 0 unspecified atom stereocenters. The number of benzene rings is 2. The molecule has 2 heterocycles. The largest absolute Gasteiger partial charge is 0.338 e. The van der Waals surface area contributed by atoms with Gasteiger partial charge >= 0.3 is 0 Å². The molecule has 4 aromatic rings. The molecule has 0 aliphatic heterocycles. The van der Waals surface area contributed by atoms with Crippen molar-refractivity contribution in [3.05, 3.63) is 67.7 Å². The highest BCUT2D eigenvalue weighted by atomic mass is 127. The van der Waals surface area contributed by atoms with Crippen molar-refractivity contribution in [2.75, 3.05) is 5.32 Å². The number of aromatic nitrogens is 2. The number of hydrogen-bond acceptors (Lipinski definition) is 3. The van der Waals surface area contributed by atoms with Crippen LogP contribution in [-0.4, -0.2) is 9.38 Å². The summed E-state index contributed by atoms with van der Waals surface area (Å²) in [5.41, 5.74) is 3.82. The van der Waals surface area contributed by atoms with Gasteiger partial charge in [0.15, 0.2) is 4.96 Å². The molecule has 0 aliphatic rings. The van der Waals surface area contributed by atoms with Gasteiger partial charge in [0.2, 0.25) is 0 Å². The van der Waals surface area contributed by atoms with Gasteiger partial charge in [0, 0.05) is 25.8 Å². The number of imidazole rings is 1. The molecule has 7 heteroatoms. The summed E-state index contributed by atoms with van der Waals surface area (Å²) in [6.07, 6.45) is 0. The van der Waals surface area contributed by atoms with E-state index in [4.69, 9.17) is 0 Å². The summed E-state index contributed by atoms with van der Waals surface area (Å²) < 4.78 is 31.0. The van der Waals surface area contributed by atoms with Crippen molar-refractivity contribution < 1.29 is 8.78 Å². The Bertz CT molecular complexity index is 1160. The van der Waals surface area contributed by atoms with Crippen molar-refractivity contribution in [2.24, 2.45) is 0 Å². The van der Waals surface area contributed by atoms with Gasteiger partial charge in [-0.3, -0.25) is 4.40 Å². The first-order valence-corrected chi connectivity index (χ1v) is 10.2. The van der Waals surface area contributed by atoms with E-state index in [-0.39, 0.29) is 5.56 Å². The third kappa shape index (κ3) is 3.12. The van der Waals surface area contributed by atoms with Crippen LogP contribution in [-0.2, 0) is 0 Å². The standard InChI is InChI=1S/C20H16F2IN3S/c1-10-5-4-6-16(23)17(10)24-19-18(14-8-7-13(21)9-15(14)22)25-20-26(19)11(2)12(3)27-20/h4-9,24H,1-3H3. The molecule has 27 heavy (non-hydrogen) atoms. The summed E-state index contributed by atoms with van der Waals surface area (Å²) in [6.45, 7) is 6.07. The Hall–Kier alpha value is -2.00. The highest BCUT2D eigenvalue weighted by Crippen LogP contribution is 2.38. The van der Waals surface area contributed by atoms with Crippen molar-refractivity contribution in [1.29, 1.82) is 0 Å². The molecule has 0 aliphatic carbocycles. The molecular formula is C20H16F2IN3S. The molecule has 138 valence electrons. The van der Waals surface area contributed by atoms with Gasteiger partial charge in [-0.25, -0.2) is 13.8 Å². The average molecular weight is 495 g/mol. The number of nitrogens with one attached hydrogen (secondary N) is 1. The van der Waals surface area contributed by atoms with Crippen LogP contribution in [0.4, 0.5) is 20.3 Å². The maximum Gasteiger partial charge on any atom is 0.196 e. The Morgan fingerprint density at radius 1 is 1.11 bits per heavy atom. The summed E-state index contributed by atoms with van der Waals surface area (Å²) in [7, 11) is 0. The van der Waals surface area contributed by atoms with Crippen LogP contribution >= 0.6 is 33.9 Å². The molecule has 0 saturated heterocycles. The van der Waals surface area contributed by atoms with E-state index >= 15 is 0 Å². The number of fused-ring (bicyclic) bond motifs is 1. The van der Waals surface area contributed by atoms with Crippen LogP contribution in [0.2, 0.25) is 0 Å². The van der Waals surface area contributed by atoms with Gasteiger partial charge in [0.25, 0.3) is 0 Å². The van der Waals surface area contributed by atoms with Gasteiger partial charge in [0.1, 0.15) is 23.1 Å². The molecule has 0 spiro atoms. The number of halogens is 3. The van der Waals surface area contributed by atoms with Gasteiger partial charge in [0.05, 0.1) is 5.69 Å². The van der Waals surface area contributed by atoms with Crippen LogP contribution < -0.4 is 5.32 Å². The summed E-state index contributed by atoms with van der Waals surface area (Å²) in [4.78, 5) is 6.58. The van der Waals surface area contributed by atoms with Gasteiger partial charge in [-0.2, -0.15) is 0 Å². The fourth-order valence-corrected chi connectivity index (χ4v) is 4.78. The smallest absolute Gasteiger partial charge is 0.196 e. The minimum atomic E-state index is -0.627. The van der Waals surface area contributed by atoms with E-state index in [1.807, 2.05) is 43.4 Å². The lowest BCUT2D eigenvalue weighted by Crippen LogP contribution is -2.02. The highest BCUT2D eigenvalue weighted by molar-refractivity contribution is 14.1. The minimum Gasteiger partial charge on any atom is -0.338 e. The van der Waals surface area contributed by atoms with Crippen LogP contribution in [0.25, 0.3) is 16.2 Å². The summed E-state index contributed by atoms with van der Waals surface area (Å²) in [5, 5.41) is 3.47. The first kappa shape index (κ1) is 18.4. The first-order valence-electron chi connectivity index (χ1n) is 8.33. The van der Waals surface area contributed by atoms with Crippen molar-refractivity contribution >= 4 is 50.4 Å². The first-order chi connectivity index (χ1) is 12.9. The zero-order valence-corrected chi connectivity index (χ0v) is 17.9. The second-order valence-electron chi connectivity index (χ2n) is 6.35. The minimum absolute atomic E-state index is 0.274. The number of rotatable bonds is 3. The van der Waals surface area contributed by atoms with E-state index in [1.165, 1.54) is 12.1 Å². The molecule has 2 aromatic heterocycles. The fourth-order valence-electron chi connectivity index (χ4n) is 3.04.